The van der Waals surface area contributed by atoms with Crippen LogP contribution in [0.25, 0.3) is 6.08 Å². The average Bonchev–Trinajstić information content (AvgIpc) is 2.99. The van der Waals surface area contributed by atoms with Crippen molar-refractivity contribution in [2.24, 2.45) is 0 Å². The summed E-state index contributed by atoms with van der Waals surface area (Å²) in [4.78, 5) is 12.8. The van der Waals surface area contributed by atoms with E-state index in [1.165, 1.54) is 43.3 Å². The zero-order valence-corrected chi connectivity index (χ0v) is 23.5. The predicted octanol–water partition coefficient (Wildman–Crippen LogP) is -1.02. The monoisotopic (exact) mass is 624 g/mol. The normalized spacial score (nSPS) is 32.5. The quantitative estimate of drug-likeness (QED) is 0.0873. The lowest BCUT2D eigenvalue weighted by atomic mass is 9.97. The molecule has 0 aliphatic carbocycles. The van der Waals surface area contributed by atoms with Gasteiger partial charge in [0.15, 0.2) is 41.7 Å². The van der Waals surface area contributed by atoms with E-state index in [1.54, 1.807) is 6.07 Å². The summed E-state index contributed by atoms with van der Waals surface area (Å²) >= 11 is 0. The molecule has 15 heteroatoms. The number of carbonyl (C=O) groups excluding carboxylic acids is 1. The van der Waals surface area contributed by atoms with Gasteiger partial charge in [0.1, 0.15) is 36.6 Å². The van der Waals surface area contributed by atoms with Crippen LogP contribution in [0.4, 0.5) is 0 Å². The van der Waals surface area contributed by atoms with Crippen LogP contribution in [0.1, 0.15) is 18.1 Å². The second-order valence-corrected chi connectivity index (χ2v) is 10.4. The van der Waals surface area contributed by atoms with Crippen molar-refractivity contribution in [3.05, 3.63) is 53.6 Å². The Balaban J connectivity index is 1.52. The van der Waals surface area contributed by atoms with Gasteiger partial charge in [-0.25, -0.2) is 4.79 Å². The van der Waals surface area contributed by atoms with Gasteiger partial charge in [-0.2, -0.15) is 0 Å². The van der Waals surface area contributed by atoms with Crippen molar-refractivity contribution in [3.63, 3.8) is 0 Å². The molecule has 242 valence electrons. The number of hydrogen-bond donors (Lipinski definition) is 9. The minimum atomic E-state index is -1.77. The van der Waals surface area contributed by atoms with Crippen LogP contribution in [0.5, 0.6) is 23.0 Å². The number of hydrogen-bond acceptors (Lipinski definition) is 15. The summed E-state index contributed by atoms with van der Waals surface area (Å²) in [7, 11) is 0. The molecular formula is C29H36O15. The summed E-state index contributed by atoms with van der Waals surface area (Å²) in [5, 5.41) is 90.5. The maximum atomic E-state index is 12.8. The number of carbonyl (C=O) groups is 1. The first-order valence-corrected chi connectivity index (χ1v) is 13.7. The Labute approximate surface area is 251 Å². The van der Waals surface area contributed by atoms with E-state index in [4.69, 9.17) is 23.7 Å². The van der Waals surface area contributed by atoms with E-state index in [9.17, 15) is 50.8 Å². The van der Waals surface area contributed by atoms with Gasteiger partial charge in [0.2, 0.25) is 0 Å². The molecule has 2 heterocycles. The number of rotatable bonds is 10. The lowest BCUT2D eigenvalue weighted by Gasteiger charge is -2.46. The summed E-state index contributed by atoms with van der Waals surface area (Å²) in [6.07, 6.45) is -12.6. The van der Waals surface area contributed by atoms with Crippen LogP contribution in [0, 0.1) is 0 Å². The third kappa shape index (κ3) is 7.76. The molecule has 2 aliphatic rings. The number of ether oxygens (including phenoxy) is 5. The zero-order valence-electron chi connectivity index (χ0n) is 23.5. The Bertz CT molecular complexity index is 1300. The molecule has 2 aromatic rings. The highest BCUT2D eigenvalue weighted by Crippen LogP contribution is 2.32. The molecule has 0 aromatic heterocycles. The highest BCUT2D eigenvalue weighted by atomic mass is 16.7. The van der Waals surface area contributed by atoms with E-state index in [1.807, 2.05) is 0 Å². The van der Waals surface area contributed by atoms with E-state index < -0.39 is 79.7 Å². The minimum Gasteiger partial charge on any atom is -0.504 e. The van der Waals surface area contributed by atoms with E-state index in [0.29, 0.717) is 11.1 Å². The van der Waals surface area contributed by atoms with Gasteiger partial charge in [-0.05, 0) is 54.8 Å². The van der Waals surface area contributed by atoms with Crippen LogP contribution in [0.2, 0.25) is 0 Å². The maximum absolute atomic E-state index is 12.8. The Kier molecular flexibility index (Phi) is 11.0. The summed E-state index contributed by atoms with van der Waals surface area (Å²) in [5.41, 5.74) is 0.914. The summed E-state index contributed by atoms with van der Waals surface area (Å²) < 4.78 is 28.2. The maximum Gasteiger partial charge on any atom is 0.331 e. The van der Waals surface area contributed by atoms with Crippen molar-refractivity contribution >= 4 is 12.0 Å². The molecule has 2 saturated heterocycles. The van der Waals surface area contributed by atoms with Gasteiger partial charge in [0.05, 0.1) is 19.3 Å². The van der Waals surface area contributed by atoms with Gasteiger partial charge in [0, 0.05) is 6.08 Å². The zero-order chi connectivity index (χ0) is 32.1. The molecular weight excluding hydrogens is 588 g/mol. The molecule has 2 aromatic carbocycles. The van der Waals surface area contributed by atoms with E-state index in [2.05, 4.69) is 0 Å². The Hall–Kier alpha value is -3.51. The average molecular weight is 625 g/mol. The van der Waals surface area contributed by atoms with Crippen molar-refractivity contribution in [1.29, 1.82) is 0 Å². The standard InChI is InChI=1S/C29H36O15/c1-13-22(36)23(37)24(38)29(41-13)44-27-25(39)28(40-9-8-15-3-6-17(32)19(34)11-15)42-20(12-30)26(27)43-21(35)7-4-14-2-5-16(31)18(33)10-14/h2-7,10-11,13,20,22-34,36-39H,8-9,12H2,1H3/t13-,20+,22+,23+,24-,25+,26+,27+,28+,29-/m0/s1. The second-order valence-electron chi connectivity index (χ2n) is 10.4. The number of phenolic OH excluding ortho intramolecular Hbond substituents is 4. The number of aliphatic hydroxyl groups is 5. The van der Waals surface area contributed by atoms with Crippen LogP contribution in [0.15, 0.2) is 42.5 Å². The number of aliphatic hydroxyl groups excluding tert-OH is 5. The smallest absolute Gasteiger partial charge is 0.331 e. The Morgan fingerprint density at radius 1 is 0.818 bits per heavy atom. The van der Waals surface area contributed by atoms with Gasteiger partial charge >= 0.3 is 5.97 Å². The molecule has 2 fully saturated rings. The van der Waals surface area contributed by atoms with E-state index >= 15 is 0 Å². The third-order valence-corrected chi connectivity index (χ3v) is 7.27. The minimum absolute atomic E-state index is 0.0754. The number of benzene rings is 2. The van der Waals surface area contributed by atoms with Crippen molar-refractivity contribution in [2.45, 2.75) is 74.8 Å². The van der Waals surface area contributed by atoms with Crippen molar-refractivity contribution in [1.82, 2.24) is 0 Å². The van der Waals surface area contributed by atoms with Crippen molar-refractivity contribution in [2.75, 3.05) is 13.2 Å². The largest absolute Gasteiger partial charge is 0.504 e. The number of esters is 1. The van der Waals surface area contributed by atoms with Crippen molar-refractivity contribution < 1.29 is 74.4 Å². The molecule has 4 rings (SSSR count). The van der Waals surface area contributed by atoms with E-state index in [-0.39, 0.29) is 30.3 Å². The van der Waals surface area contributed by atoms with Crippen LogP contribution >= 0.6 is 0 Å². The predicted molar refractivity (Wildman–Crippen MR) is 147 cm³/mol. The summed E-state index contributed by atoms with van der Waals surface area (Å²) in [6.45, 7) is 0.606. The van der Waals surface area contributed by atoms with Gasteiger partial charge in [0.25, 0.3) is 0 Å². The molecule has 10 atom stereocenters. The third-order valence-electron chi connectivity index (χ3n) is 7.27. The fraction of sp³-hybridized carbons (Fsp3) is 0.483. The number of phenols is 4. The molecule has 0 unspecified atom stereocenters. The highest BCUT2D eigenvalue weighted by molar-refractivity contribution is 5.87. The topological polar surface area (TPSA) is 245 Å². The molecule has 0 bridgehead atoms. The summed E-state index contributed by atoms with van der Waals surface area (Å²) in [5.74, 6) is -2.40. The van der Waals surface area contributed by atoms with Gasteiger partial charge in [-0.15, -0.1) is 0 Å². The summed E-state index contributed by atoms with van der Waals surface area (Å²) in [6, 6.07) is 7.98. The SMILES string of the molecule is C[C@@H]1O[C@@H](O[C@@H]2[C@@H](O)[C@H](OCCc3ccc(O)c(O)c3)O[C@H](CO)[C@H]2OC(=O)C=Cc2ccc(O)c(O)c2)[C@@H](O)[C@H](O)[C@@H]1O. The molecule has 0 spiro atoms. The van der Waals surface area contributed by atoms with E-state index in [0.717, 1.165) is 6.08 Å². The van der Waals surface area contributed by atoms with Crippen LogP contribution in [-0.2, 0) is 34.9 Å². The van der Waals surface area contributed by atoms with Crippen LogP contribution in [-0.4, -0.2) is 127 Å². The second kappa shape index (κ2) is 14.5. The lowest BCUT2D eigenvalue weighted by molar-refractivity contribution is -0.357. The first-order valence-electron chi connectivity index (χ1n) is 13.7. The molecule has 0 radical (unpaired) electrons. The van der Waals surface area contributed by atoms with Crippen LogP contribution in [0.3, 0.4) is 0 Å². The number of aromatic hydroxyl groups is 4. The molecule has 15 nitrogen and oxygen atoms in total. The van der Waals surface area contributed by atoms with Crippen molar-refractivity contribution in [3.8, 4) is 23.0 Å². The fourth-order valence-electron chi connectivity index (χ4n) is 4.76. The van der Waals surface area contributed by atoms with Gasteiger partial charge < -0.3 is 69.6 Å². The first-order chi connectivity index (χ1) is 20.9. The van der Waals surface area contributed by atoms with Crippen LogP contribution < -0.4 is 0 Å². The highest BCUT2D eigenvalue weighted by Gasteiger charge is 2.52. The molecule has 0 saturated carbocycles. The Morgan fingerprint density at radius 3 is 2.16 bits per heavy atom. The molecule has 44 heavy (non-hydrogen) atoms. The molecule has 0 amide bonds. The molecule has 2 aliphatic heterocycles. The van der Waals surface area contributed by atoms with Gasteiger partial charge in [-0.3, -0.25) is 0 Å². The fourth-order valence-corrected chi connectivity index (χ4v) is 4.76. The van der Waals surface area contributed by atoms with Gasteiger partial charge in [-0.1, -0.05) is 12.1 Å². The molecule has 9 N–H and O–H groups in total. The lowest BCUT2D eigenvalue weighted by Crippen LogP contribution is -2.65. The Morgan fingerprint density at radius 2 is 1.50 bits per heavy atom. The first kappa shape index (κ1) is 33.4.